The standard InChI is InChI=1S/C16H18N5.2ClH.Mn.2H2/c1-3-13-9-17-7-8-18-10-14-4-2-6-16(21-14)12-19-11-15(5-1)20-13;;;;;/h1-6H,7-12H2;2*1H;;2*1H/q-3;;;+2;;/p-2. The van der Waals surface area contributed by atoms with E-state index in [9.17, 15) is 0 Å². The molecule has 2 aromatic heterocycles. The van der Waals surface area contributed by atoms with E-state index in [4.69, 9.17) is 20.2 Å². The number of rotatable bonds is 0. The minimum atomic E-state index is 0. The molecule has 135 valence electrons. The number of nitrogens with zero attached hydrogens (tertiary/aromatic N) is 5. The first kappa shape index (κ1) is 19.6. The van der Waals surface area contributed by atoms with Gasteiger partial charge in [-0.1, -0.05) is 12.1 Å². The number of fused-ring (bicyclic) bond motifs is 4. The minimum absolute atomic E-state index is 0. The molecule has 0 aromatic carbocycles. The van der Waals surface area contributed by atoms with Crippen LogP contribution in [0.4, 0.5) is 0 Å². The summed E-state index contributed by atoms with van der Waals surface area (Å²) >= 11 is 0.00694. The Labute approximate surface area is 160 Å². The van der Waals surface area contributed by atoms with Crippen molar-refractivity contribution in [2.24, 2.45) is 0 Å². The van der Waals surface area contributed by atoms with E-state index in [-0.39, 0.29) is 16.0 Å². The van der Waals surface area contributed by atoms with Crippen LogP contribution in [0.1, 0.15) is 25.6 Å². The van der Waals surface area contributed by atoms with E-state index in [0.717, 1.165) is 35.9 Å². The van der Waals surface area contributed by atoms with Gasteiger partial charge in [-0.15, -0.1) is 26.2 Å². The van der Waals surface area contributed by atoms with Crippen LogP contribution in [-0.4, -0.2) is 23.1 Å². The van der Waals surface area contributed by atoms with Crippen molar-refractivity contribution in [2.45, 2.75) is 26.2 Å². The number of pyridine rings is 2. The van der Waals surface area contributed by atoms with Crippen LogP contribution in [0.5, 0.6) is 0 Å². The van der Waals surface area contributed by atoms with Crippen molar-refractivity contribution in [3.05, 3.63) is 75.1 Å². The van der Waals surface area contributed by atoms with Crippen molar-refractivity contribution >= 4 is 20.2 Å². The van der Waals surface area contributed by atoms with Gasteiger partial charge in [0, 0.05) is 25.6 Å². The summed E-state index contributed by atoms with van der Waals surface area (Å²) in [7, 11) is 9.59. The molecule has 1 aliphatic rings. The third kappa shape index (κ3) is 7.45. The van der Waals surface area contributed by atoms with Gasteiger partial charge >= 0.3 is 33.3 Å². The van der Waals surface area contributed by atoms with E-state index in [0.29, 0.717) is 26.2 Å². The molecule has 2 aromatic rings. The third-order valence-corrected chi connectivity index (χ3v) is 3.24. The Morgan fingerprint density at radius 3 is 1.42 bits per heavy atom. The molecule has 24 heavy (non-hydrogen) atoms. The zero-order valence-corrected chi connectivity index (χ0v) is 15.8. The molecule has 3 rings (SSSR count). The average molecular weight is 410 g/mol. The Morgan fingerprint density at radius 1 is 0.708 bits per heavy atom. The minimum Gasteiger partial charge on any atom is -0.659 e. The Morgan fingerprint density at radius 2 is 1.04 bits per heavy atom. The molecule has 1 aliphatic heterocycles. The van der Waals surface area contributed by atoms with E-state index in [2.05, 4.69) is 25.9 Å². The Bertz CT molecular complexity index is 573. The molecule has 0 saturated carbocycles. The molecule has 0 aliphatic carbocycles. The van der Waals surface area contributed by atoms with E-state index in [1.165, 1.54) is 0 Å². The maximum absolute atomic E-state index is 4.80. The van der Waals surface area contributed by atoms with Crippen molar-refractivity contribution < 1.29 is 16.0 Å². The summed E-state index contributed by atoms with van der Waals surface area (Å²) in [5, 5.41) is 13.5. The summed E-state index contributed by atoms with van der Waals surface area (Å²) < 4.78 is 0. The molecule has 0 unspecified atom stereocenters. The molecule has 4 bridgehead atoms. The van der Waals surface area contributed by atoms with Gasteiger partial charge in [0.05, 0.1) is 0 Å². The second-order valence-corrected chi connectivity index (χ2v) is 6.99. The molecular formula is C16H22Cl2MnN5-3. The largest absolute Gasteiger partial charge is 0.659 e. The van der Waals surface area contributed by atoms with Crippen LogP contribution in [-0.2, 0) is 39.3 Å². The fraction of sp³-hybridized carbons (Fsp3) is 0.375. The molecule has 0 N–H and O–H groups in total. The molecule has 0 spiro atoms. The predicted molar refractivity (Wildman–Crippen MR) is 99.0 cm³/mol. The molecule has 3 heterocycles. The van der Waals surface area contributed by atoms with Gasteiger partial charge in [0.1, 0.15) is 0 Å². The summed E-state index contributed by atoms with van der Waals surface area (Å²) in [5.74, 6) is 0. The van der Waals surface area contributed by atoms with Crippen molar-refractivity contribution in [3.8, 4) is 0 Å². The quantitative estimate of drug-likeness (QED) is 0.562. The first-order valence-electron chi connectivity index (χ1n) is 7.48. The topological polar surface area (TPSA) is 68.1 Å². The van der Waals surface area contributed by atoms with Gasteiger partial charge < -0.3 is 16.0 Å². The first-order chi connectivity index (χ1) is 11.8. The zero-order chi connectivity index (χ0) is 17.0. The summed E-state index contributed by atoms with van der Waals surface area (Å²) in [5.41, 5.74) is 3.96. The van der Waals surface area contributed by atoms with Crippen LogP contribution in [0.3, 0.4) is 0 Å². The number of halogens is 2. The molecular weight excluding hydrogens is 388 g/mol. The van der Waals surface area contributed by atoms with Gasteiger partial charge in [0.15, 0.2) is 0 Å². The maximum Gasteiger partial charge on any atom is 0.0201 e. The second-order valence-electron chi connectivity index (χ2n) is 5.05. The number of aromatic nitrogens is 2. The van der Waals surface area contributed by atoms with Crippen molar-refractivity contribution in [1.29, 1.82) is 0 Å². The van der Waals surface area contributed by atoms with E-state index in [1.54, 1.807) is 0 Å². The molecule has 0 saturated heterocycles. The Hall–Kier alpha value is -0.721. The van der Waals surface area contributed by atoms with E-state index < -0.39 is 0 Å². The maximum atomic E-state index is 4.80. The monoisotopic (exact) mass is 409 g/mol. The summed E-state index contributed by atoms with van der Waals surface area (Å²) in [6, 6.07) is 12.1. The summed E-state index contributed by atoms with van der Waals surface area (Å²) in [4.78, 5) is 9.15. The first-order valence-corrected chi connectivity index (χ1v) is 10.7. The van der Waals surface area contributed by atoms with Gasteiger partial charge in [-0.25, -0.2) is 0 Å². The fourth-order valence-corrected chi connectivity index (χ4v) is 2.22. The number of hydrogen-bond donors (Lipinski definition) is 0. The van der Waals surface area contributed by atoms with Crippen LogP contribution in [0.2, 0.25) is 0 Å². The smallest absolute Gasteiger partial charge is 0.0201 e. The third-order valence-electron chi connectivity index (χ3n) is 3.24. The summed E-state index contributed by atoms with van der Waals surface area (Å²) in [6.07, 6.45) is 0. The molecule has 5 nitrogen and oxygen atoms in total. The van der Waals surface area contributed by atoms with E-state index in [1.807, 2.05) is 36.4 Å². The molecule has 0 amide bonds. The van der Waals surface area contributed by atoms with Crippen LogP contribution in [0.25, 0.3) is 16.0 Å². The van der Waals surface area contributed by atoms with Crippen LogP contribution in [0, 0.1) is 0 Å². The molecule has 0 fully saturated rings. The van der Waals surface area contributed by atoms with Crippen LogP contribution in [0.15, 0.2) is 36.4 Å². The van der Waals surface area contributed by atoms with Gasteiger partial charge in [-0.3, -0.25) is 9.97 Å². The van der Waals surface area contributed by atoms with Gasteiger partial charge in [0.25, 0.3) is 0 Å². The Balaban J connectivity index is 0.00000117. The molecule has 0 atom stereocenters. The van der Waals surface area contributed by atoms with Gasteiger partial charge in [-0.05, 0) is 24.3 Å². The average Bonchev–Trinajstić information content (AvgIpc) is 2.59. The normalized spacial score (nSPS) is 15.4. The van der Waals surface area contributed by atoms with Gasteiger partial charge in [0.2, 0.25) is 0 Å². The van der Waals surface area contributed by atoms with Gasteiger partial charge in [-0.2, -0.15) is 13.1 Å². The molecule has 0 radical (unpaired) electrons. The van der Waals surface area contributed by atoms with Crippen molar-refractivity contribution in [1.82, 2.24) is 9.97 Å². The van der Waals surface area contributed by atoms with E-state index >= 15 is 0 Å². The SMILES string of the molecule is [Cl][Mn][Cl].[HH].[HH].c1cc2nc(c1)C[N-]Cc1cccc(n1)C[N-]CC[N-]C2. The Kier molecular flexibility index (Phi) is 9.61. The van der Waals surface area contributed by atoms with Crippen molar-refractivity contribution in [3.63, 3.8) is 0 Å². The zero-order valence-electron chi connectivity index (χ0n) is 13.1. The summed E-state index contributed by atoms with van der Waals surface area (Å²) in [6.45, 7) is 3.99. The van der Waals surface area contributed by atoms with Crippen molar-refractivity contribution in [2.75, 3.05) is 13.1 Å². The fourth-order valence-electron chi connectivity index (χ4n) is 2.22. The number of hydrogen-bond acceptors (Lipinski definition) is 2. The second kappa shape index (κ2) is 11.8. The van der Waals surface area contributed by atoms with Crippen LogP contribution < -0.4 is 0 Å². The van der Waals surface area contributed by atoms with Crippen LogP contribution >= 0.6 is 20.2 Å². The molecule has 8 heteroatoms. The predicted octanol–water partition coefficient (Wildman–Crippen LogP) is 5.18.